The number of benzene rings is 1. The second-order valence-electron chi connectivity index (χ2n) is 4.62. The standard InChI is InChI=1S/C17H18O3S/c18-17(19)11-10-15-8-9-16(21-15)13-20-12-4-7-14-5-2-1-3-6-14/h1-3,5-6,8-11H,4,7,12-13H2,(H,18,19). The van der Waals surface area contributed by atoms with Gasteiger partial charge in [-0.1, -0.05) is 30.3 Å². The largest absolute Gasteiger partial charge is 0.478 e. The summed E-state index contributed by atoms with van der Waals surface area (Å²) in [5.74, 6) is -0.929. The van der Waals surface area contributed by atoms with Crippen molar-refractivity contribution in [3.8, 4) is 0 Å². The predicted molar refractivity (Wildman–Crippen MR) is 85.4 cm³/mol. The van der Waals surface area contributed by atoms with Gasteiger partial charge >= 0.3 is 5.97 Å². The molecule has 21 heavy (non-hydrogen) atoms. The number of carboxylic acid groups (broad SMARTS) is 1. The lowest BCUT2D eigenvalue weighted by Gasteiger charge is -2.03. The summed E-state index contributed by atoms with van der Waals surface area (Å²) in [4.78, 5) is 12.5. The van der Waals surface area contributed by atoms with E-state index in [0.717, 1.165) is 35.3 Å². The van der Waals surface area contributed by atoms with Crippen molar-refractivity contribution in [2.24, 2.45) is 0 Å². The Hall–Kier alpha value is -1.91. The molecule has 0 unspecified atom stereocenters. The summed E-state index contributed by atoms with van der Waals surface area (Å²) < 4.78 is 5.65. The average molecular weight is 302 g/mol. The third-order valence-electron chi connectivity index (χ3n) is 2.91. The van der Waals surface area contributed by atoms with E-state index >= 15 is 0 Å². The Morgan fingerprint density at radius 3 is 2.76 bits per heavy atom. The zero-order valence-electron chi connectivity index (χ0n) is 11.7. The van der Waals surface area contributed by atoms with E-state index in [1.807, 2.05) is 30.3 Å². The van der Waals surface area contributed by atoms with Gasteiger partial charge in [-0.2, -0.15) is 0 Å². The summed E-state index contributed by atoms with van der Waals surface area (Å²) in [7, 11) is 0. The van der Waals surface area contributed by atoms with Gasteiger partial charge in [-0.25, -0.2) is 4.79 Å². The highest BCUT2D eigenvalue weighted by Gasteiger charge is 1.99. The summed E-state index contributed by atoms with van der Waals surface area (Å²) in [6.07, 6.45) is 4.78. The monoisotopic (exact) mass is 302 g/mol. The van der Waals surface area contributed by atoms with Crippen LogP contribution in [0.3, 0.4) is 0 Å². The minimum absolute atomic E-state index is 0.584. The van der Waals surface area contributed by atoms with Crippen molar-refractivity contribution >= 4 is 23.4 Å². The third-order valence-corrected chi connectivity index (χ3v) is 3.94. The lowest BCUT2D eigenvalue weighted by molar-refractivity contribution is -0.131. The number of aliphatic carboxylic acids is 1. The van der Waals surface area contributed by atoms with Crippen LogP contribution in [-0.2, 0) is 22.6 Å². The van der Waals surface area contributed by atoms with Crippen LogP contribution < -0.4 is 0 Å². The van der Waals surface area contributed by atoms with Crippen LogP contribution in [0.4, 0.5) is 0 Å². The molecule has 4 heteroatoms. The van der Waals surface area contributed by atoms with Crippen LogP contribution >= 0.6 is 11.3 Å². The zero-order chi connectivity index (χ0) is 14.9. The van der Waals surface area contributed by atoms with Gasteiger partial charge in [0.25, 0.3) is 0 Å². The van der Waals surface area contributed by atoms with Gasteiger partial charge in [-0.3, -0.25) is 0 Å². The van der Waals surface area contributed by atoms with Gasteiger partial charge in [0, 0.05) is 22.4 Å². The maximum Gasteiger partial charge on any atom is 0.328 e. The molecule has 1 heterocycles. The third kappa shape index (κ3) is 5.94. The van der Waals surface area contributed by atoms with Gasteiger partial charge in [0.1, 0.15) is 0 Å². The highest BCUT2D eigenvalue weighted by molar-refractivity contribution is 7.12. The molecule has 0 aliphatic heterocycles. The minimum Gasteiger partial charge on any atom is -0.478 e. The molecule has 110 valence electrons. The fourth-order valence-electron chi connectivity index (χ4n) is 1.91. The molecular weight excluding hydrogens is 284 g/mol. The highest BCUT2D eigenvalue weighted by Crippen LogP contribution is 2.18. The molecule has 0 radical (unpaired) electrons. The van der Waals surface area contributed by atoms with Crippen LogP contribution in [-0.4, -0.2) is 17.7 Å². The van der Waals surface area contributed by atoms with E-state index in [-0.39, 0.29) is 0 Å². The van der Waals surface area contributed by atoms with Crippen molar-refractivity contribution in [1.82, 2.24) is 0 Å². The van der Waals surface area contributed by atoms with Crippen LogP contribution in [0.1, 0.15) is 21.7 Å². The average Bonchev–Trinajstić information content (AvgIpc) is 2.94. The number of hydrogen-bond donors (Lipinski definition) is 1. The molecule has 0 aliphatic carbocycles. The summed E-state index contributed by atoms with van der Waals surface area (Å²) in [6.45, 7) is 1.31. The molecule has 1 aromatic heterocycles. The van der Waals surface area contributed by atoms with E-state index in [4.69, 9.17) is 9.84 Å². The Morgan fingerprint density at radius 1 is 1.19 bits per heavy atom. The molecular formula is C17H18O3S. The first kappa shape index (κ1) is 15.5. The molecule has 0 atom stereocenters. The number of thiophene rings is 1. The van der Waals surface area contributed by atoms with E-state index in [2.05, 4.69) is 12.1 Å². The Morgan fingerprint density at radius 2 is 2.00 bits per heavy atom. The summed E-state index contributed by atoms with van der Waals surface area (Å²) >= 11 is 1.55. The summed E-state index contributed by atoms with van der Waals surface area (Å²) in [5, 5.41) is 8.57. The van der Waals surface area contributed by atoms with Crippen LogP contribution in [0.25, 0.3) is 6.08 Å². The van der Waals surface area contributed by atoms with Crippen molar-refractivity contribution in [3.63, 3.8) is 0 Å². The fraction of sp³-hybridized carbons (Fsp3) is 0.235. The molecule has 0 aliphatic rings. The van der Waals surface area contributed by atoms with Crippen LogP contribution in [0.15, 0.2) is 48.5 Å². The molecule has 2 rings (SSSR count). The van der Waals surface area contributed by atoms with Crippen molar-refractivity contribution in [3.05, 3.63) is 63.9 Å². The summed E-state index contributed by atoms with van der Waals surface area (Å²) in [5.41, 5.74) is 1.33. The molecule has 1 N–H and O–H groups in total. The Kier molecular flexibility index (Phi) is 6.19. The Bertz CT molecular complexity index is 587. The van der Waals surface area contributed by atoms with E-state index < -0.39 is 5.97 Å². The smallest absolute Gasteiger partial charge is 0.328 e. The topological polar surface area (TPSA) is 46.5 Å². The lowest BCUT2D eigenvalue weighted by atomic mass is 10.1. The molecule has 0 fully saturated rings. The van der Waals surface area contributed by atoms with Crippen LogP contribution in [0.5, 0.6) is 0 Å². The molecule has 1 aromatic carbocycles. The Balaban J connectivity index is 1.66. The number of ether oxygens (including phenoxy) is 1. The van der Waals surface area contributed by atoms with Gasteiger partial charge in [0.15, 0.2) is 0 Å². The first-order chi connectivity index (χ1) is 10.2. The van der Waals surface area contributed by atoms with Gasteiger partial charge in [0.2, 0.25) is 0 Å². The number of carbonyl (C=O) groups is 1. The van der Waals surface area contributed by atoms with Gasteiger partial charge in [-0.05, 0) is 36.6 Å². The van der Waals surface area contributed by atoms with Crippen molar-refractivity contribution in [2.75, 3.05) is 6.61 Å². The van der Waals surface area contributed by atoms with E-state index in [1.54, 1.807) is 17.4 Å². The number of carboxylic acids is 1. The van der Waals surface area contributed by atoms with Crippen LogP contribution in [0.2, 0.25) is 0 Å². The SMILES string of the molecule is O=C(O)C=Cc1ccc(COCCCc2ccccc2)s1. The second kappa shape index (κ2) is 8.39. The maximum atomic E-state index is 10.4. The molecule has 3 nitrogen and oxygen atoms in total. The van der Waals surface area contributed by atoms with Gasteiger partial charge in [0.05, 0.1) is 6.61 Å². The zero-order valence-corrected chi connectivity index (χ0v) is 12.5. The minimum atomic E-state index is -0.929. The maximum absolute atomic E-state index is 10.4. The van der Waals surface area contributed by atoms with Gasteiger partial charge < -0.3 is 9.84 Å². The second-order valence-corrected chi connectivity index (χ2v) is 5.82. The van der Waals surface area contributed by atoms with E-state index in [0.29, 0.717) is 6.61 Å². The molecule has 0 bridgehead atoms. The van der Waals surface area contributed by atoms with E-state index in [1.165, 1.54) is 5.56 Å². The Labute approximate surface area is 128 Å². The number of rotatable bonds is 8. The molecule has 0 amide bonds. The quantitative estimate of drug-likeness (QED) is 0.592. The first-order valence-electron chi connectivity index (χ1n) is 6.85. The number of aryl methyl sites for hydroxylation is 1. The molecule has 2 aromatic rings. The molecule has 0 saturated heterocycles. The van der Waals surface area contributed by atoms with Crippen molar-refractivity contribution < 1.29 is 14.6 Å². The van der Waals surface area contributed by atoms with Crippen LogP contribution in [0, 0.1) is 0 Å². The number of hydrogen-bond acceptors (Lipinski definition) is 3. The highest BCUT2D eigenvalue weighted by atomic mass is 32.1. The first-order valence-corrected chi connectivity index (χ1v) is 7.67. The van der Waals surface area contributed by atoms with Crippen molar-refractivity contribution in [1.29, 1.82) is 0 Å². The van der Waals surface area contributed by atoms with Gasteiger partial charge in [-0.15, -0.1) is 11.3 Å². The normalized spacial score (nSPS) is 11.0. The van der Waals surface area contributed by atoms with E-state index in [9.17, 15) is 4.79 Å². The lowest BCUT2D eigenvalue weighted by Crippen LogP contribution is -1.96. The summed E-state index contributed by atoms with van der Waals surface area (Å²) in [6, 6.07) is 14.3. The molecule has 0 saturated carbocycles. The predicted octanol–water partition coefficient (Wildman–Crippen LogP) is 4.00. The fourth-order valence-corrected chi connectivity index (χ4v) is 2.76. The van der Waals surface area contributed by atoms with Crippen molar-refractivity contribution in [2.45, 2.75) is 19.4 Å². The molecule has 0 spiro atoms.